The van der Waals surface area contributed by atoms with Crippen molar-refractivity contribution in [3.63, 3.8) is 0 Å². The van der Waals surface area contributed by atoms with Gasteiger partial charge in [0.15, 0.2) is 5.65 Å². The van der Waals surface area contributed by atoms with Crippen LogP contribution in [0.2, 0.25) is 0 Å². The van der Waals surface area contributed by atoms with Gasteiger partial charge >= 0.3 is 0 Å². The summed E-state index contributed by atoms with van der Waals surface area (Å²) >= 11 is 0. The number of aromatic amines is 1. The Bertz CT molecular complexity index is 447. The van der Waals surface area contributed by atoms with Crippen molar-refractivity contribution in [3.05, 3.63) is 30.0 Å². The lowest BCUT2D eigenvalue weighted by atomic mass is 10.2. The Morgan fingerprint density at radius 3 is 3.07 bits per heavy atom. The van der Waals surface area contributed by atoms with Crippen molar-refractivity contribution < 1.29 is 0 Å². The molecule has 1 N–H and O–H groups in total. The molecule has 0 radical (unpaired) electrons. The van der Waals surface area contributed by atoms with Crippen molar-refractivity contribution in [1.29, 1.82) is 0 Å². The molecular formula is C11H14N4. The van der Waals surface area contributed by atoms with E-state index in [0.29, 0.717) is 0 Å². The fraction of sp³-hybridized carbons (Fsp3) is 0.364. The maximum atomic E-state index is 4.37. The van der Waals surface area contributed by atoms with Crippen molar-refractivity contribution in [3.8, 4) is 0 Å². The normalized spacial score (nSPS) is 10.5. The minimum atomic E-state index is 0.747. The highest BCUT2D eigenvalue weighted by atomic mass is 15.0. The molecule has 15 heavy (non-hydrogen) atoms. The molecule has 2 aromatic rings. The number of H-pyrrole nitrogens is 1. The zero-order valence-electron chi connectivity index (χ0n) is 8.99. The fourth-order valence-corrected chi connectivity index (χ4v) is 1.43. The van der Waals surface area contributed by atoms with Crippen molar-refractivity contribution in [2.24, 2.45) is 0 Å². The predicted molar refractivity (Wildman–Crippen MR) is 59.4 cm³/mol. The second-order valence-electron chi connectivity index (χ2n) is 3.76. The van der Waals surface area contributed by atoms with Crippen LogP contribution in [0.3, 0.4) is 0 Å². The van der Waals surface area contributed by atoms with E-state index in [1.165, 1.54) is 11.9 Å². The van der Waals surface area contributed by atoms with Crippen LogP contribution in [0, 0.1) is 0 Å². The number of hydrogen-bond acceptors (Lipinski definition) is 3. The molecule has 0 aliphatic carbocycles. The van der Waals surface area contributed by atoms with Gasteiger partial charge in [0, 0.05) is 6.42 Å². The highest BCUT2D eigenvalue weighted by Crippen LogP contribution is 2.08. The second kappa shape index (κ2) is 4.21. The molecule has 0 unspecified atom stereocenters. The van der Waals surface area contributed by atoms with Gasteiger partial charge in [-0.1, -0.05) is 11.6 Å². The summed E-state index contributed by atoms with van der Waals surface area (Å²) in [5.74, 6) is 0.975. The number of aryl methyl sites for hydroxylation is 1. The van der Waals surface area contributed by atoms with Gasteiger partial charge in [0.1, 0.15) is 17.7 Å². The smallest absolute Gasteiger partial charge is 0.180 e. The molecule has 0 amide bonds. The number of nitrogens with one attached hydrogen (secondary N) is 1. The average Bonchev–Trinajstić information content (AvgIpc) is 2.59. The van der Waals surface area contributed by atoms with Crippen LogP contribution in [0.4, 0.5) is 0 Å². The summed E-state index contributed by atoms with van der Waals surface area (Å²) < 4.78 is 0. The van der Waals surface area contributed by atoms with Crippen LogP contribution in [-0.4, -0.2) is 19.9 Å². The molecule has 2 rings (SSSR count). The summed E-state index contributed by atoms with van der Waals surface area (Å²) in [6.07, 6.45) is 7.40. The maximum Gasteiger partial charge on any atom is 0.180 e. The first-order valence-corrected chi connectivity index (χ1v) is 5.03. The first-order chi connectivity index (χ1) is 7.25. The van der Waals surface area contributed by atoms with Gasteiger partial charge in [-0.15, -0.1) is 0 Å². The summed E-state index contributed by atoms with van der Waals surface area (Å²) in [6.45, 7) is 4.20. The average molecular weight is 202 g/mol. The molecule has 0 saturated carbocycles. The summed E-state index contributed by atoms with van der Waals surface area (Å²) in [5, 5.41) is 0. The van der Waals surface area contributed by atoms with Crippen LogP contribution in [0.25, 0.3) is 11.2 Å². The van der Waals surface area contributed by atoms with Gasteiger partial charge in [-0.2, -0.15) is 0 Å². The standard InChI is InChI=1S/C11H14N4/c1-8(2)4-3-5-10-14-9-6-12-7-13-11(9)15-10/h4,6-7H,3,5H2,1-2H3,(H,12,13,14,15). The molecule has 2 heterocycles. The van der Waals surface area contributed by atoms with Gasteiger partial charge in [0.25, 0.3) is 0 Å². The predicted octanol–water partition coefficient (Wildman–Crippen LogP) is 2.25. The van der Waals surface area contributed by atoms with Gasteiger partial charge in [0.2, 0.25) is 0 Å². The van der Waals surface area contributed by atoms with Gasteiger partial charge in [0.05, 0.1) is 6.20 Å². The Kier molecular flexibility index (Phi) is 2.76. The van der Waals surface area contributed by atoms with Crippen LogP contribution in [0.15, 0.2) is 24.2 Å². The van der Waals surface area contributed by atoms with E-state index in [9.17, 15) is 0 Å². The van der Waals surface area contributed by atoms with Crippen LogP contribution in [0.5, 0.6) is 0 Å². The number of fused-ring (bicyclic) bond motifs is 1. The Morgan fingerprint density at radius 2 is 2.33 bits per heavy atom. The lowest BCUT2D eigenvalue weighted by Gasteiger charge is -1.91. The molecule has 0 bridgehead atoms. The third-order valence-corrected chi connectivity index (χ3v) is 2.14. The Labute approximate surface area is 88.5 Å². The molecule has 78 valence electrons. The topological polar surface area (TPSA) is 54.5 Å². The van der Waals surface area contributed by atoms with E-state index in [0.717, 1.165) is 29.8 Å². The van der Waals surface area contributed by atoms with E-state index in [-0.39, 0.29) is 0 Å². The van der Waals surface area contributed by atoms with Crippen molar-refractivity contribution in [2.75, 3.05) is 0 Å². The zero-order valence-corrected chi connectivity index (χ0v) is 8.99. The first-order valence-electron chi connectivity index (χ1n) is 5.03. The number of hydrogen-bond donors (Lipinski definition) is 1. The molecule has 0 fully saturated rings. The molecule has 0 aromatic carbocycles. The largest absolute Gasteiger partial charge is 0.339 e. The minimum absolute atomic E-state index is 0.747. The maximum absolute atomic E-state index is 4.37. The van der Waals surface area contributed by atoms with E-state index in [1.807, 2.05) is 0 Å². The monoisotopic (exact) mass is 202 g/mol. The van der Waals surface area contributed by atoms with E-state index in [1.54, 1.807) is 6.20 Å². The quantitative estimate of drug-likeness (QED) is 0.777. The molecule has 0 spiro atoms. The Balaban J connectivity index is 2.12. The first kappa shape index (κ1) is 9.83. The number of nitrogens with zero attached hydrogens (tertiary/aromatic N) is 3. The van der Waals surface area contributed by atoms with Crippen molar-refractivity contribution in [2.45, 2.75) is 26.7 Å². The third-order valence-electron chi connectivity index (χ3n) is 2.14. The lowest BCUT2D eigenvalue weighted by Crippen LogP contribution is -1.86. The van der Waals surface area contributed by atoms with Crippen molar-refractivity contribution >= 4 is 11.2 Å². The van der Waals surface area contributed by atoms with E-state index in [4.69, 9.17) is 0 Å². The number of rotatable bonds is 3. The van der Waals surface area contributed by atoms with Crippen LogP contribution >= 0.6 is 0 Å². The molecule has 0 saturated heterocycles. The molecule has 0 aliphatic rings. The van der Waals surface area contributed by atoms with Gasteiger partial charge in [-0.3, -0.25) is 0 Å². The summed E-state index contributed by atoms with van der Waals surface area (Å²) in [7, 11) is 0. The van der Waals surface area contributed by atoms with Gasteiger partial charge in [-0.25, -0.2) is 15.0 Å². The summed E-state index contributed by atoms with van der Waals surface area (Å²) in [6, 6.07) is 0. The van der Waals surface area contributed by atoms with Crippen molar-refractivity contribution in [1.82, 2.24) is 19.9 Å². The number of imidazole rings is 1. The lowest BCUT2D eigenvalue weighted by molar-refractivity contribution is 0.908. The third kappa shape index (κ3) is 2.40. The number of allylic oxidation sites excluding steroid dienone is 2. The summed E-state index contributed by atoms with van der Waals surface area (Å²) in [4.78, 5) is 15.6. The molecule has 4 heteroatoms. The zero-order chi connectivity index (χ0) is 10.7. The summed E-state index contributed by atoms with van der Waals surface area (Å²) in [5.41, 5.74) is 2.99. The SMILES string of the molecule is CC(C)=CCCc1nc2ncncc2[nH]1. The van der Waals surface area contributed by atoms with Crippen LogP contribution < -0.4 is 0 Å². The van der Waals surface area contributed by atoms with E-state index >= 15 is 0 Å². The molecular weight excluding hydrogens is 188 g/mol. The second-order valence-corrected chi connectivity index (χ2v) is 3.76. The molecule has 2 aromatic heterocycles. The van der Waals surface area contributed by atoms with Crippen LogP contribution in [0.1, 0.15) is 26.1 Å². The molecule has 0 aliphatic heterocycles. The fourth-order valence-electron chi connectivity index (χ4n) is 1.43. The number of aromatic nitrogens is 4. The van der Waals surface area contributed by atoms with Gasteiger partial charge in [-0.05, 0) is 20.3 Å². The van der Waals surface area contributed by atoms with E-state index < -0.39 is 0 Å². The van der Waals surface area contributed by atoms with E-state index in [2.05, 4.69) is 39.9 Å². The molecule has 0 atom stereocenters. The van der Waals surface area contributed by atoms with Crippen LogP contribution in [-0.2, 0) is 6.42 Å². The molecule has 4 nitrogen and oxygen atoms in total. The Morgan fingerprint density at radius 1 is 1.47 bits per heavy atom. The minimum Gasteiger partial charge on any atom is -0.339 e. The van der Waals surface area contributed by atoms with Gasteiger partial charge < -0.3 is 4.98 Å². The highest BCUT2D eigenvalue weighted by molar-refractivity contribution is 5.68. The highest BCUT2D eigenvalue weighted by Gasteiger charge is 2.01. The Hall–Kier alpha value is -1.71.